The van der Waals surface area contributed by atoms with Gasteiger partial charge in [-0.15, -0.1) is 0 Å². The van der Waals surface area contributed by atoms with Gasteiger partial charge < -0.3 is 10.1 Å². The number of anilines is 1. The third-order valence-corrected chi connectivity index (χ3v) is 4.03. The minimum Gasteiger partial charge on any atom is -0.465 e. The molecule has 1 aliphatic rings. The Morgan fingerprint density at radius 3 is 2.41 bits per heavy atom. The van der Waals surface area contributed by atoms with Crippen molar-refractivity contribution in [2.75, 3.05) is 12.4 Å². The number of ether oxygens (including phenoxy) is 1. The Labute approximate surface area is 161 Å². The largest absolute Gasteiger partial charge is 0.465 e. The first-order chi connectivity index (χ1) is 13.7. The second-order valence-electron chi connectivity index (χ2n) is 5.81. The van der Waals surface area contributed by atoms with Gasteiger partial charge in [0.25, 0.3) is 29.2 Å². The lowest BCUT2D eigenvalue weighted by Crippen LogP contribution is -2.42. The average Bonchev–Trinajstić information content (AvgIpc) is 2.70. The zero-order valence-electron chi connectivity index (χ0n) is 14.7. The van der Waals surface area contributed by atoms with Crippen LogP contribution in [0, 0.1) is 10.1 Å². The van der Waals surface area contributed by atoms with Gasteiger partial charge in [-0.05, 0) is 18.2 Å². The number of nitro groups is 1. The maximum absolute atomic E-state index is 12.6. The second-order valence-corrected chi connectivity index (χ2v) is 5.81. The van der Waals surface area contributed by atoms with Gasteiger partial charge in [0.05, 0.1) is 34.4 Å². The molecular weight excluding hydrogens is 386 g/mol. The summed E-state index contributed by atoms with van der Waals surface area (Å²) in [6.07, 6.45) is 0. The highest BCUT2D eigenvalue weighted by Gasteiger charge is 2.33. The standard InChI is InChI=1S/C18H11N3O8/c1-29-18(26)9-5-8(6-10(7-9)21(27)28)15(23)19-12-4-2-3-11-13(12)14(22)17(25)20-16(11)24/h2-7H,1H3,(H,19,23)(H,20,24,25). The van der Waals surface area contributed by atoms with Gasteiger partial charge in [-0.3, -0.25) is 34.6 Å². The van der Waals surface area contributed by atoms with Crippen LogP contribution >= 0.6 is 0 Å². The molecule has 11 nitrogen and oxygen atoms in total. The molecule has 0 aromatic heterocycles. The van der Waals surface area contributed by atoms with Crippen LogP contribution in [0.15, 0.2) is 36.4 Å². The van der Waals surface area contributed by atoms with Crippen molar-refractivity contribution in [1.82, 2.24) is 5.32 Å². The highest BCUT2D eigenvalue weighted by Crippen LogP contribution is 2.25. The van der Waals surface area contributed by atoms with Crippen LogP contribution in [-0.2, 0) is 9.53 Å². The number of nitrogens with one attached hydrogen (secondary N) is 2. The summed E-state index contributed by atoms with van der Waals surface area (Å²) in [5.41, 5.74) is -1.57. The van der Waals surface area contributed by atoms with Gasteiger partial charge >= 0.3 is 5.97 Å². The lowest BCUT2D eigenvalue weighted by atomic mass is 9.96. The Bertz CT molecular complexity index is 1120. The Hall–Kier alpha value is -4.41. The third kappa shape index (κ3) is 3.56. The monoisotopic (exact) mass is 397 g/mol. The van der Waals surface area contributed by atoms with Crippen molar-refractivity contribution in [2.24, 2.45) is 0 Å². The van der Waals surface area contributed by atoms with E-state index in [-0.39, 0.29) is 27.9 Å². The van der Waals surface area contributed by atoms with Crippen molar-refractivity contribution in [1.29, 1.82) is 0 Å². The molecule has 29 heavy (non-hydrogen) atoms. The number of non-ortho nitro benzene ring substituents is 1. The van der Waals surface area contributed by atoms with Crippen LogP contribution in [0.1, 0.15) is 41.4 Å². The number of nitrogens with zero attached hydrogens (tertiary/aromatic N) is 1. The number of imide groups is 1. The summed E-state index contributed by atoms with van der Waals surface area (Å²) >= 11 is 0. The zero-order chi connectivity index (χ0) is 21.3. The van der Waals surface area contributed by atoms with Crippen molar-refractivity contribution >= 4 is 40.8 Å². The molecule has 0 atom stereocenters. The molecule has 1 heterocycles. The molecular formula is C18H11N3O8. The molecule has 0 spiro atoms. The molecule has 146 valence electrons. The van der Waals surface area contributed by atoms with E-state index in [9.17, 15) is 34.1 Å². The fraction of sp³-hybridized carbons (Fsp3) is 0.0556. The van der Waals surface area contributed by atoms with E-state index in [2.05, 4.69) is 10.1 Å². The smallest absolute Gasteiger partial charge is 0.338 e. The van der Waals surface area contributed by atoms with Crippen LogP contribution in [0.25, 0.3) is 0 Å². The normalized spacial score (nSPS) is 12.7. The number of fused-ring (bicyclic) bond motifs is 1. The number of amides is 3. The molecule has 3 rings (SSSR count). The summed E-state index contributed by atoms with van der Waals surface area (Å²) in [5, 5.41) is 15.3. The van der Waals surface area contributed by atoms with Gasteiger partial charge in [-0.25, -0.2) is 4.79 Å². The van der Waals surface area contributed by atoms with Crippen LogP contribution in [0.2, 0.25) is 0 Å². The number of hydrogen-bond donors (Lipinski definition) is 2. The first-order valence-electron chi connectivity index (χ1n) is 7.95. The fourth-order valence-corrected chi connectivity index (χ4v) is 2.71. The molecule has 0 unspecified atom stereocenters. The highest BCUT2D eigenvalue weighted by atomic mass is 16.6. The van der Waals surface area contributed by atoms with Crippen LogP contribution in [-0.4, -0.2) is 41.5 Å². The molecule has 0 saturated heterocycles. The number of methoxy groups -OCH3 is 1. The topological polar surface area (TPSA) is 162 Å². The van der Waals surface area contributed by atoms with E-state index in [1.165, 1.54) is 18.2 Å². The number of esters is 1. The molecule has 2 N–H and O–H groups in total. The van der Waals surface area contributed by atoms with Crippen LogP contribution < -0.4 is 10.6 Å². The predicted octanol–water partition coefficient (Wildman–Crippen LogP) is 1.09. The fourth-order valence-electron chi connectivity index (χ4n) is 2.71. The van der Waals surface area contributed by atoms with E-state index in [1.807, 2.05) is 5.32 Å². The van der Waals surface area contributed by atoms with Gasteiger partial charge in [-0.1, -0.05) is 6.07 Å². The molecule has 0 radical (unpaired) electrons. The molecule has 2 aromatic carbocycles. The molecule has 11 heteroatoms. The van der Waals surface area contributed by atoms with Crippen molar-refractivity contribution in [2.45, 2.75) is 0 Å². The number of carbonyl (C=O) groups is 5. The lowest BCUT2D eigenvalue weighted by molar-refractivity contribution is -0.384. The highest BCUT2D eigenvalue weighted by molar-refractivity contribution is 6.50. The van der Waals surface area contributed by atoms with Gasteiger partial charge in [-0.2, -0.15) is 0 Å². The Morgan fingerprint density at radius 1 is 1.07 bits per heavy atom. The number of carbonyl (C=O) groups excluding carboxylic acids is 5. The molecule has 1 aliphatic heterocycles. The Balaban J connectivity index is 2.03. The first kappa shape index (κ1) is 19.4. The number of benzene rings is 2. The Morgan fingerprint density at radius 2 is 1.76 bits per heavy atom. The van der Waals surface area contributed by atoms with Gasteiger partial charge in [0, 0.05) is 17.7 Å². The maximum atomic E-state index is 12.6. The summed E-state index contributed by atoms with van der Waals surface area (Å²) in [6, 6.07) is 6.91. The van der Waals surface area contributed by atoms with Crippen LogP contribution in [0.5, 0.6) is 0 Å². The SMILES string of the molecule is COC(=O)c1cc(C(=O)Nc2cccc3c2C(=O)C(=O)NC3=O)cc([N+](=O)[O-])c1. The number of rotatable bonds is 4. The molecule has 0 bridgehead atoms. The van der Waals surface area contributed by atoms with Crippen molar-refractivity contribution < 1.29 is 33.6 Å². The molecule has 0 fully saturated rings. The summed E-state index contributed by atoms with van der Waals surface area (Å²) in [6.45, 7) is 0. The lowest BCUT2D eigenvalue weighted by Gasteiger charge is -2.17. The average molecular weight is 397 g/mol. The van der Waals surface area contributed by atoms with E-state index in [0.29, 0.717) is 0 Å². The Kier molecular flexibility index (Phi) is 4.88. The van der Waals surface area contributed by atoms with E-state index >= 15 is 0 Å². The quantitative estimate of drug-likeness (QED) is 0.255. The van der Waals surface area contributed by atoms with Gasteiger partial charge in [0.15, 0.2) is 0 Å². The summed E-state index contributed by atoms with van der Waals surface area (Å²) in [5.74, 6) is -4.77. The van der Waals surface area contributed by atoms with Gasteiger partial charge in [0.2, 0.25) is 0 Å². The summed E-state index contributed by atoms with van der Waals surface area (Å²) < 4.78 is 4.52. The third-order valence-electron chi connectivity index (χ3n) is 4.03. The number of Topliss-reactive ketones (excluding diaryl/α,β-unsaturated/α-hetero) is 1. The maximum Gasteiger partial charge on any atom is 0.338 e. The summed E-state index contributed by atoms with van der Waals surface area (Å²) in [4.78, 5) is 70.3. The molecule has 3 amide bonds. The zero-order valence-corrected chi connectivity index (χ0v) is 14.7. The van der Waals surface area contributed by atoms with Crippen molar-refractivity contribution in [3.63, 3.8) is 0 Å². The minimum absolute atomic E-state index is 0.110. The van der Waals surface area contributed by atoms with Crippen molar-refractivity contribution in [3.8, 4) is 0 Å². The molecule has 0 saturated carbocycles. The van der Waals surface area contributed by atoms with Crippen LogP contribution in [0.3, 0.4) is 0 Å². The van der Waals surface area contributed by atoms with Crippen LogP contribution in [0.4, 0.5) is 11.4 Å². The number of nitro benzene ring substituents is 1. The molecule has 0 aliphatic carbocycles. The predicted molar refractivity (Wildman–Crippen MR) is 95.6 cm³/mol. The first-order valence-corrected chi connectivity index (χ1v) is 7.95. The number of hydrogen-bond acceptors (Lipinski definition) is 8. The second kappa shape index (κ2) is 7.31. The van der Waals surface area contributed by atoms with E-state index in [4.69, 9.17) is 0 Å². The van der Waals surface area contributed by atoms with E-state index in [0.717, 1.165) is 25.3 Å². The minimum atomic E-state index is -1.15. The van der Waals surface area contributed by atoms with E-state index < -0.39 is 40.1 Å². The molecule has 2 aromatic rings. The van der Waals surface area contributed by atoms with Gasteiger partial charge in [0.1, 0.15) is 0 Å². The van der Waals surface area contributed by atoms with Crippen molar-refractivity contribution in [3.05, 3.63) is 68.8 Å². The van der Waals surface area contributed by atoms with E-state index in [1.54, 1.807) is 0 Å². The summed E-state index contributed by atoms with van der Waals surface area (Å²) in [7, 11) is 1.07. The number of ketones is 1.